The van der Waals surface area contributed by atoms with E-state index in [0.29, 0.717) is 23.4 Å². The van der Waals surface area contributed by atoms with Crippen LogP contribution in [0.5, 0.6) is 0 Å². The van der Waals surface area contributed by atoms with Gasteiger partial charge in [0.25, 0.3) is 5.91 Å². The van der Waals surface area contributed by atoms with Crippen LogP contribution < -0.4 is 21.7 Å². The highest BCUT2D eigenvalue weighted by molar-refractivity contribution is 7.45. The van der Waals surface area contributed by atoms with Gasteiger partial charge in [0, 0.05) is 24.7 Å². The first-order chi connectivity index (χ1) is 17.6. The molecule has 0 aliphatic carbocycles. The minimum atomic E-state index is -4.64. The Morgan fingerprint density at radius 3 is 2.21 bits per heavy atom. The maximum absolute atomic E-state index is 12.4. The number of hydrogen-bond donors (Lipinski definition) is 8. The van der Waals surface area contributed by atoms with Crippen LogP contribution >= 0.6 is 7.82 Å². The van der Waals surface area contributed by atoms with E-state index in [-0.39, 0.29) is 30.2 Å². The van der Waals surface area contributed by atoms with Crippen molar-refractivity contribution in [1.82, 2.24) is 25.3 Å². The van der Waals surface area contributed by atoms with E-state index in [0.717, 1.165) is 5.69 Å². The largest absolute Gasteiger partial charge is 0.481 e. The van der Waals surface area contributed by atoms with Crippen LogP contribution in [-0.2, 0) is 20.7 Å². The number of nitrogens with one attached hydrogen (secondary N) is 1. The van der Waals surface area contributed by atoms with E-state index in [2.05, 4.69) is 25.3 Å². The third-order valence-electron chi connectivity index (χ3n) is 4.72. The normalized spacial score (nSPS) is 11.7. The number of carbonyl (C=O) groups excluding carboxylic acids is 1. The Kier molecular flexibility index (Phi) is 9.94. The number of fused-ring (bicyclic) bond motifs is 1. The second-order valence-electron chi connectivity index (χ2n) is 7.71. The smallest absolute Gasteiger partial charge is 0.466 e. The number of nitrogen functional groups attached to an aromatic ring is 2. The molecule has 10 N–H and O–H groups in total. The summed E-state index contributed by atoms with van der Waals surface area (Å²) in [5, 5.41) is 20.2. The lowest BCUT2D eigenvalue weighted by atomic mass is 10.1. The van der Waals surface area contributed by atoms with Crippen LogP contribution in [0.4, 0.5) is 17.5 Å². The Morgan fingerprint density at radius 1 is 1.05 bits per heavy atom. The van der Waals surface area contributed by atoms with Gasteiger partial charge in [0.05, 0.1) is 18.4 Å². The zero-order chi connectivity index (χ0) is 28.6. The third kappa shape index (κ3) is 9.55. The second kappa shape index (κ2) is 12.7. The van der Waals surface area contributed by atoms with E-state index in [9.17, 15) is 19.5 Å². The fourth-order valence-electron chi connectivity index (χ4n) is 3.03. The zero-order valence-electron chi connectivity index (χ0n) is 19.8. The molecule has 1 atom stereocenters. The van der Waals surface area contributed by atoms with Gasteiger partial charge < -0.3 is 46.6 Å². The van der Waals surface area contributed by atoms with Crippen LogP contribution in [0.25, 0.3) is 11.2 Å². The van der Waals surface area contributed by atoms with Crippen molar-refractivity contribution in [3.63, 3.8) is 0 Å². The molecule has 18 heteroatoms. The molecule has 0 aliphatic rings. The Labute approximate surface area is 214 Å². The number of phosphoric acid groups is 1. The Morgan fingerprint density at radius 2 is 1.66 bits per heavy atom. The fourth-order valence-corrected chi connectivity index (χ4v) is 3.03. The summed E-state index contributed by atoms with van der Waals surface area (Å²) in [4.78, 5) is 74.3. The van der Waals surface area contributed by atoms with Gasteiger partial charge in [-0.15, -0.1) is 0 Å². The first-order valence-electron chi connectivity index (χ1n) is 10.5. The molecular weight excluding hydrogens is 527 g/mol. The molecule has 204 valence electrons. The summed E-state index contributed by atoms with van der Waals surface area (Å²) in [6.07, 6.45) is 0.964. The molecule has 0 fully saturated rings. The number of carbonyl (C=O) groups is 3. The van der Waals surface area contributed by atoms with Crippen molar-refractivity contribution in [3.05, 3.63) is 41.7 Å². The first kappa shape index (κ1) is 29.8. The van der Waals surface area contributed by atoms with Gasteiger partial charge >= 0.3 is 19.8 Å². The number of hydrogen-bond acceptors (Lipinski definition) is 11. The highest BCUT2D eigenvalue weighted by Crippen LogP contribution is 2.25. The molecule has 0 radical (unpaired) electrons. The van der Waals surface area contributed by atoms with Gasteiger partial charge in [-0.1, -0.05) is 0 Å². The van der Waals surface area contributed by atoms with Gasteiger partial charge in [-0.05, 0) is 30.7 Å². The summed E-state index contributed by atoms with van der Waals surface area (Å²) in [5.41, 5.74) is 13.7. The van der Waals surface area contributed by atoms with Crippen LogP contribution in [0.3, 0.4) is 0 Å². The average Bonchev–Trinajstić information content (AvgIpc) is 2.80. The van der Waals surface area contributed by atoms with Gasteiger partial charge in [0.15, 0.2) is 17.0 Å². The van der Waals surface area contributed by atoms with Crippen molar-refractivity contribution in [2.45, 2.75) is 25.4 Å². The number of nitrogens with zero attached hydrogens (tertiary/aromatic N) is 5. The Hall–Kier alpha value is -4.44. The van der Waals surface area contributed by atoms with Crippen molar-refractivity contribution in [1.29, 1.82) is 0 Å². The minimum absolute atomic E-state index is 0.0138. The van der Waals surface area contributed by atoms with Crippen LogP contribution in [-0.4, -0.2) is 75.8 Å². The molecule has 0 spiro atoms. The summed E-state index contributed by atoms with van der Waals surface area (Å²) < 4.78 is 8.88. The van der Waals surface area contributed by atoms with E-state index in [1.54, 1.807) is 18.3 Å². The van der Waals surface area contributed by atoms with Crippen LogP contribution in [0.1, 0.15) is 28.9 Å². The molecule has 3 aromatic rings. The summed E-state index contributed by atoms with van der Waals surface area (Å²) >= 11 is 0. The molecule has 0 aliphatic heterocycles. The van der Waals surface area contributed by atoms with E-state index in [1.807, 2.05) is 11.9 Å². The Balaban J connectivity index is 0.000000926. The fraction of sp³-hybridized carbons (Fsp3) is 0.250. The number of anilines is 3. The molecule has 2 heterocycles. The molecule has 0 saturated carbocycles. The molecule has 2 aromatic heterocycles. The highest BCUT2D eigenvalue weighted by Gasteiger charge is 2.21. The summed E-state index contributed by atoms with van der Waals surface area (Å²) in [7, 11) is -2.82. The summed E-state index contributed by atoms with van der Waals surface area (Å²) in [5.74, 6) is -2.91. The predicted molar refractivity (Wildman–Crippen MR) is 133 cm³/mol. The van der Waals surface area contributed by atoms with Gasteiger partial charge in [-0.3, -0.25) is 9.59 Å². The van der Waals surface area contributed by atoms with Gasteiger partial charge in [0.1, 0.15) is 6.04 Å². The maximum Gasteiger partial charge on any atom is 0.466 e. The second-order valence-corrected chi connectivity index (χ2v) is 8.74. The minimum Gasteiger partial charge on any atom is -0.481 e. The van der Waals surface area contributed by atoms with Crippen molar-refractivity contribution < 1.29 is 43.8 Å². The Bertz CT molecular complexity index is 1360. The van der Waals surface area contributed by atoms with E-state index in [1.165, 1.54) is 12.1 Å². The quantitative estimate of drug-likeness (QED) is 0.153. The van der Waals surface area contributed by atoms with E-state index < -0.39 is 31.7 Å². The molecular formula is C20H25N8O9P. The number of carboxylic acids is 2. The van der Waals surface area contributed by atoms with E-state index in [4.69, 9.17) is 35.8 Å². The van der Waals surface area contributed by atoms with Crippen LogP contribution in [0.15, 0.2) is 30.5 Å². The molecule has 17 nitrogen and oxygen atoms in total. The number of amides is 1. The number of nitrogens with two attached hydrogens (primary N) is 2. The van der Waals surface area contributed by atoms with Crippen molar-refractivity contribution in [3.8, 4) is 0 Å². The summed E-state index contributed by atoms with van der Waals surface area (Å²) in [6.45, 7) is 0.370. The zero-order valence-corrected chi connectivity index (χ0v) is 20.7. The predicted octanol–water partition coefficient (Wildman–Crippen LogP) is -0.660. The SMILES string of the molecule is CN(Cc1cnc2nc(N)nc(N)c2n1)c1ccc(C(=O)N[C@@H](CCC(=O)O)C(=O)O)cc1.O=P(O)(O)O. The van der Waals surface area contributed by atoms with Crippen LogP contribution in [0, 0.1) is 0 Å². The number of rotatable bonds is 9. The van der Waals surface area contributed by atoms with Gasteiger partial charge in [-0.2, -0.15) is 9.97 Å². The molecule has 0 bridgehead atoms. The van der Waals surface area contributed by atoms with E-state index >= 15 is 0 Å². The standard InChI is InChI=1S/C20H22N8O5.H3O4P/c1-28(9-11-8-23-17-15(24-11)16(21)26-20(22)27-17)12-4-2-10(3-5-12)18(31)25-13(19(32)33)6-7-14(29)30;1-5(2,3)4/h2-5,8,13H,6-7,9H2,1H3,(H,25,31)(H,29,30)(H,32,33)(H4,21,22,23,26,27);(H3,1,2,3,4)/t13-;/m0./s1. The summed E-state index contributed by atoms with van der Waals surface area (Å²) in [6, 6.07) is 5.16. The maximum atomic E-state index is 12.4. The topological polar surface area (TPSA) is 288 Å². The lowest BCUT2D eigenvalue weighted by Crippen LogP contribution is -2.41. The lowest BCUT2D eigenvalue weighted by molar-refractivity contribution is -0.140. The molecule has 0 saturated heterocycles. The number of aromatic nitrogens is 4. The highest BCUT2D eigenvalue weighted by atomic mass is 31.2. The molecule has 1 amide bonds. The number of carboxylic acid groups (broad SMARTS) is 2. The van der Waals surface area contributed by atoms with Gasteiger partial charge in [-0.25, -0.2) is 19.3 Å². The monoisotopic (exact) mass is 552 g/mol. The molecule has 0 unspecified atom stereocenters. The third-order valence-corrected chi connectivity index (χ3v) is 4.72. The average molecular weight is 552 g/mol. The number of aliphatic carboxylic acids is 2. The molecule has 3 rings (SSSR count). The van der Waals surface area contributed by atoms with Crippen molar-refractivity contribution in [2.75, 3.05) is 23.4 Å². The van der Waals surface area contributed by atoms with Crippen LogP contribution in [0.2, 0.25) is 0 Å². The molecule has 38 heavy (non-hydrogen) atoms. The van der Waals surface area contributed by atoms with Crippen molar-refractivity contribution >= 4 is 54.3 Å². The number of benzene rings is 1. The molecule has 1 aromatic carbocycles. The first-order valence-corrected chi connectivity index (χ1v) is 12.1. The lowest BCUT2D eigenvalue weighted by Gasteiger charge is -2.19. The van der Waals surface area contributed by atoms with Crippen molar-refractivity contribution in [2.24, 2.45) is 0 Å². The van der Waals surface area contributed by atoms with Gasteiger partial charge in [0.2, 0.25) is 5.95 Å².